The van der Waals surface area contributed by atoms with Crippen molar-refractivity contribution >= 4 is 0 Å². The van der Waals surface area contributed by atoms with Gasteiger partial charge in [-0.2, -0.15) is 0 Å². The summed E-state index contributed by atoms with van der Waals surface area (Å²) in [6.45, 7) is 12.3. The molecule has 1 unspecified atom stereocenters. The predicted molar refractivity (Wildman–Crippen MR) is 48.4 cm³/mol. The van der Waals surface area contributed by atoms with Crippen LogP contribution in [0, 0.1) is 0 Å². The molecule has 3 heteroatoms. The van der Waals surface area contributed by atoms with E-state index in [4.69, 9.17) is 4.74 Å². The zero-order valence-electron chi connectivity index (χ0n) is 8.93. The van der Waals surface area contributed by atoms with Crippen molar-refractivity contribution in [3.8, 4) is 0 Å². The molecule has 0 spiro atoms. The molecule has 0 saturated heterocycles. The van der Waals surface area contributed by atoms with Crippen LogP contribution in [0.4, 0.5) is 0 Å². The molecule has 76 valence electrons. The molecule has 0 saturated carbocycles. The highest BCUT2D eigenvalue weighted by Gasteiger charge is 2.27. The van der Waals surface area contributed by atoms with Crippen molar-refractivity contribution in [2.75, 3.05) is 26.7 Å². The zero-order chi connectivity index (χ0) is 8.91. The SMILES string of the molecule is CC[N+](CC)(CC)C(C)OC.[Br-]. The second-order valence-corrected chi connectivity index (χ2v) is 3.00. The van der Waals surface area contributed by atoms with Gasteiger partial charge in [0.1, 0.15) is 0 Å². The van der Waals surface area contributed by atoms with E-state index in [2.05, 4.69) is 27.7 Å². The van der Waals surface area contributed by atoms with Crippen LogP contribution in [0.5, 0.6) is 0 Å². The highest BCUT2D eigenvalue weighted by molar-refractivity contribution is 4.38. The molecule has 0 aromatic heterocycles. The largest absolute Gasteiger partial charge is 1.00 e. The van der Waals surface area contributed by atoms with Crippen LogP contribution in [0.3, 0.4) is 0 Å². The summed E-state index contributed by atoms with van der Waals surface area (Å²) in [6.07, 6.45) is 0.329. The Labute approximate surface area is 87.3 Å². The third kappa shape index (κ3) is 3.04. The van der Waals surface area contributed by atoms with Crippen molar-refractivity contribution in [1.82, 2.24) is 0 Å². The molecule has 0 radical (unpaired) electrons. The van der Waals surface area contributed by atoms with Gasteiger partial charge in [-0.05, 0) is 20.8 Å². The number of ether oxygens (including phenoxy) is 1. The van der Waals surface area contributed by atoms with Gasteiger partial charge in [-0.1, -0.05) is 0 Å². The van der Waals surface area contributed by atoms with E-state index in [9.17, 15) is 0 Å². The molecular formula is C9H22BrNO. The Morgan fingerprint density at radius 2 is 1.42 bits per heavy atom. The molecule has 0 aliphatic rings. The molecule has 1 atom stereocenters. The molecule has 0 aromatic carbocycles. The molecule has 0 rings (SSSR count). The molecule has 0 amide bonds. The third-order valence-electron chi connectivity index (χ3n) is 3.00. The lowest BCUT2D eigenvalue weighted by molar-refractivity contribution is -0.964. The highest BCUT2D eigenvalue weighted by atomic mass is 79.9. The Bertz CT molecular complexity index is 96.4. The number of rotatable bonds is 5. The summed E-state index contributed by atoms with van der Waals surface area (Å²) < 4.78 is 6.43. The Morgan fingerprint density at radius 1 is 1.08 bits per heavy atom. The van der Waals surface area contributed by atoms with Gasteiger partial charge in [-0.3, -0.25) is 4.48 Å². The Hall–Kier alpha value is 0.400. The lowest BCUT2D eigenvalue weighted by Crippen LogP contribution is -3.00. The van der Waals surface area contributed by atoms with Crippen LogP contribution in [-0.4, -0.2) is 37.5 Å². The molecule has 0 aliphatic heterocycles. The van der Waals surface area contributed by atoms with E-state index in [0.29, 0.717) is 6.23 Å². The van der Waals surface area contributed by atoms with Gasteiger partial charge in [0.05, 0.1) is 19.6 Å². The Kier molecular flexibility index (Phi) is 8.53. The molecule has 0 aliphatic carbocycles. The van der Waals surface area contributed by atoms with Gasteiger partial charge in [0.15, 0.2) is 6.23 Å². The zero-order valence-corrected chi connectivity index (χ0v) is 10.5. The van der Waals surface area contributed by atoms with Gasteiger partial charge in [-0.25, -0.2) is 0 Å². The van der Waals surface area contributed by atoms with Gasteiger partial charge in [0.25, 0.3) is 0 Å². The molecule has 0 heterocycles. The van der Waals surface area contributed by atoms with Gasteiger partial charge in [0.2, 0.25) is 0 Å². The second kappa shape index (κ2) is 6.87. The van der Waals surface area contributed by atoms with Crippen LogP contribution in [0.2, 0.25) is 0 Å². The average Bonchev–Trinajstić information content (AvgIpc) is 2.08. The summed E-state index contributed by atoms with van der Waals surface area (Å²) in [5.41, 5.74) is 0. The molecule has 2 nitrogen and oxygen atoms in total. The van der Waals surface area contributed by atoms with E-state index in [1.807, 2.05) is 0 Å². The van der Waals surface area contributed by atoms with Crippen LogP contribution in [0.1, 0.15) is 27.7 Å². The highest BCUT2D eigenvalue weighted by Crippen LogP contribution is 2.12. The minimum absolute atomic E-state index is 0. The topological polar surface area (TPSA) is 9.23 Å². The molecule has 0 bridgehead atoms. The first-order valence-corrected chi connectivity index (χ1v) is 4.55. The molecule has 12 heavy (non-hydrogen) atoms. The second-order valence-electron chi connectivity index (χ2n) is 3.00. The Morgan fingerprint density at radius 3 is 1.50 bits per heavy atom. The van der Waals surface area contributed by atoms with Gasteiger partial charge in [-0.15, -0.1) is 0 Å². The summed E-state index contributed by atoms with van der Waals surface area (Å²) >= 11 is 0. The van der Waals surface area contributed by atoms with Gasteiger partial charge < -0.3 is 21.7 Å². The first-order chi connectivity index (χ1) is 5.16. The van der Waals surface area contributed by atoms with Gasteiger partial charge in [0, 0.05) is 14.0 Å². The number of quaternary nitrogens is 1. The molecular weight excluding hydrogens is 218 g/mol. The standard InChI is InChI=1S/C9H22NO.BrH/c1-6-10(7-2,8-3)9(4)11-5;/h9H,6-8H2,1-5H3;1H/q+1;/p-1. The van der Waals surface area contributed by atoms with Crippen LogP contribution in [0.15, 0.2) is 0 Å². The van der Waals surface area contributed by atoms with Crippen molar-refractivity contribution in [3.05, 3.63) is 0 Å². The Balaban J connectivity index is 0. The minimum atomic E-state index is 0. The summed E-state index contributed by atoms with van der Waals surface area (Å²) in [5, 5.41) is 0. The summed E-state index contributed by atoms with van der Waals surface area (Å²) in [5.74, 6) is 0. The van der Waals surface area contributed by atoms with Crippen LogP contribution in [-0.2, 0) is 4.74 Å². The number of nitrogens with zero attached hydrogens (tertiary/aromatic N) is 1. The quantitative estimate of drug-likeness (QED) is 0.436. The fourth-order valence-electron chi connectivity index (χ4n) is 1.67. The number of methoxy groups -OCH3 is 1. The first-order valence-electron chi connectivity index (χ1n) is 4.55. The summed E-state index contributed by atoms with van der Waals surface area (Å²) in [4.78, 5) is 0. The summed E-state index contributed by atoms with van der Waals surface area (Å²) in [7, 11) is 1.79. The van der Waals surface area contributed by atoms with Crippen molar-refractivity contribution in [2.24, 2.45) is 0 Å². The molecule has 0 N–H and O–H groups in total. The third-order valence-corrected chi connectivity index (χ3v) is 3.00. The normalized spacial score (nSPS) is 13.8. The molecule has 0 fully saturated rings. The van der Waals surface area contributed by atoms with E-state index in [1.165, 1.54) is 0 Å². The van der Waals surface area contributed by atoms with E-state index in [-0.39, 0.29) is 17.0 Å². The monoisotopic (exact) mass is 239 g/mol. The smallest absolute Gasteiger partial charge is 0.190 e. The maximum atomic E-state index is 5.36. The predicted octanol–water partition coefficient (Wildman–Crippen LogP) is -1.14. The fourth-order valence-corrected chi connectivity index (χ4v) is 1.67. The maximum absolute atomic E-state index is 5.36. The fraction of sp³-hybridized carbons (Fsp3) is 1.00. The van der Waals surface area contributed by atoms with Crippen molar-refractivity contribution in [1.29, 1.82) is 0 Å². The van der Waals surface area contributed by atoms with Crippen molar-refractivity contribution in [3.63, 3.8) is 0 Å². The summed E-state index contributed by atoms with van der Waals surface area (Å²) in [6, 6.07) is 0. The average molecular weight is 240 g/mol. The maximum Gasteiger partial charge on any atom is 0.190 e. The van der Waals surface area contributed by atoms with E-state index in [1.54, 1.807) is 7.11 Å². The van der Waals surface area contributed by atoms with Gasteiger partial charge >= 0.3 is 0 Å². The van der Waals surface area contributed by atoms with E-state index < -0.39 is 0 Å². The number of hydrogen-bond acceptors (Lipinski definition) is 1. The lowest BCUT2D eigenvalue weighted by Gasteiger charge is -2.40. The van der Waals surface area contributed by atoms with Crippen LogP contribution in [0.25, 0.3) is 0 Å². The van der Waals surface area contributed by atoms with E-state index >= 15 is 0 Å². The van der Waals surface area contributed by atoms with Crippen LogP contribution < -0.4 is 17.0 Å². The minimum Gasteiger partial charge on any atom is -1.00 e. The molecule has 0 aromatic rings. The number of hydrogen-bond donors (Lipinski definition) is 0. The van der Waals surface area contributed by atoms with Crippen molar-refractivity contribution in [2.45, 2.75) is 33.9 Å². The lowest BCUT2D eigenvalue weighted by atomic mass is 10.3. The number of halogens is 1. The van der Waals surface area contributed by atoms with E-state index in [0.717, 1.165) is 24.1 Å². The first kappa shape index (κ1) is 14.9. The van der Waals surface area contributed by atoms with Crippen molar-refractivity contribution < 1.29 is 26.2 Å². The van der Waals surface area contributed by atoms with Crippen LogP contribution >= 0.6 is 0 Å².